The van der Waals surface area contributed by atoms with Crippen LogP contribution in [-0.2, 0) is 14.3 Å². The van der Waals surface area contributed by atoms with Crippen LogP contribution in [0.1, 0.15) is 84.2 Å². The number of ether oxygens (including phenoxy) is 3. The standard InChI is InChI=1S/C36H46FN5O4/c1-23(2)45-34(43)33(46-35(4,5)6)31-24(3)40-22-28(32(31)42-16-13-36(7,8)14-17-42)29-11-10-27(21-41-29)39-15-18-44-30-12-9-26(37)19-25(30)20-38/h9-12,19,21-23,33,39H,13-18H2,1-8H3/t33-/m0/s1. The highest BCUT2D eigenvalue weighted by Crippen LogP contribution is 2.43. The van der Waals surface area contributed by atoms with E-state index < -0.39 is 23.5 Å². The van der Waals surface area contributed by atoms with Crippen molar-refractivity contribution in [2.24, 2.45) is 5.41 Å². The smallest absolute Gasteiger partial charge is 0.340 e. The number of rotatable bonds is 11. The van der Waals surface area contributed by atoms with E-state index in [4.69, 9.17) is 24.2 Å². The minimum absolute atomic E-state index is 0.151. The van der Waals surface area contributed by atoms with Crippen LogP contribution in [0.4, 0.5) is 15.8 Å². The van der Waals surface area contributed by atoms with Crippen molar-refractivity contribution in [3.05, 3.63) is 65.4 Å². The summed E-state index contributed by atoms with van der Waals surface area (Å²) in [6.07, 6.45) is 4.30. The zero-order valence-corrected chi connectivity index (χ0v) is 28.2. The maximum absolute atomic E-state index is 13.6. The molecule has 2 aromatic heterocycles. The lowest BCUT2D eigenvalue weighted by molar-refractivity contribution is -0.171. The number of halogens is 1. The average molecular weight is 632 g/mol. The van der Waals surface area contributed by atoms with Crippen LogP contribution in [0.2, 0.25) is 0 Å². The molecule has 0 bridgehead atoms. The molecule has 9 nitrogen and oxygen atoms in total. The maximum atomic E-state index is 13.6. The number of nitrogens with zero attached hydrogens (tertiary/aromatic N) is 4. The summed E-state index contributed by atoms with van der Waals surface area (Å²) >= 11 is 0. The molecule has 1 aliphatic heterocycles. The van der Waals surface area contributed by atoms with E-state index in [2.05, 4.69) is 24.1 Å². The Hall–Kier alpha value is -4.23. The fourth-order valence-corrected chi connectivity index (χ4v) is 5.39. The highest BCUT2D eigenvalue weighted by atomic mass is 19.1. The second-order valence-corrected chi connectivity index (χ2v) is 13.7. The molecule has 1 saturated heterocycles. The number of pyridine rings is 2. The molecule has 246 valence electrons. The fourth-order valence-electron chi connectivity index (χ4n) is 5.39. The average Bonchev–Trinajstić information content (AvgIpc) is 2.98. The molecule has 0 spiro atoms. The molecule has 0 radical (unpaired) electrons. The van der Waals surface area contributed by atoms with Crippen molar-refractivity contribution in [2.75, 3.05) is 36.5 Å². The second-order valence-electron chi connectivity index (χ2n) is 13.7. The van der Waals surface area contributed by atoms with Gasteiger partial charge in [-0.25, -0.2) is 9.18 Å². The molecule has 1 N–H and O–H groups in total. The van der Waals surface area contributed by atoms with Gasteiger partial charge in [-0.15, -0.1) is 0 Å². The first-order valence-electron chi connectivity index (χ1n) is 15.8. The summed E-state index contributed by atoms with van der Waals surface area (Å²) in [4.78, 5) is 25.5. The molecule has 1 atom stereocenters. The number of benzene rings is 1. The Morgan fingerprint density at radius 2 is 1.85 bits per heavy atom. The number of anilines is 2. The van der Waals surface area contributed by atoms with Crippen molar-refractivity contribution in [2.45, 2.75) is 86.0 Å². The molecule has 0 unspecified atom stereocenters. The summed E-state index contributed by atoms with van der Waals surface area (Å²) in [7, 11) is 0. The molecule has 1 aromatic carbocycles. The highest BCUT2D eigenvalue weighted by molar-refractivity contribution is 5.86. The highest BCUT2D eigenvalue weighted by Gasteiger charge is 2.37. The molecule has 0 aliphatic carbocycles. The molecule has 10 heteroatoms. The van der Waals surface area contributed by atoms with Crippen LogP contribution < -0.4 is 15.0 Å². The Labute approximate surface area is 272 Å². The lowest BCUT2D eigenvalue weighted by atomic mass is 9.82. The summed E-state index contributed by atoms with van der Waals surface area (Å²) in [5.74, 6) is -0.589. The lowest BCUT2D eigenvalue weighted by Gasteiger charge is -2.41. The van der Waals surface area contributed by atoms with Gasteiger partial charge in [0, 0.05) is 42.7 Å². The van der Waals surface area contributed by atoms with Crippen molar-refractivity contribution in [3.63, 3.8) is 0 Å². The van der Waals surface area contributed by atoms with E-state index in [-0.39, 0.29) is 23.7 Å². The lowest BCUT2D eigenvalue weighted by Crippen LogP contribution is -2.39. The number of aromatic nitrogens is 2. The number of carbonyl (C=O) groups is 1. The van der Waals surface area contributed by atoms with Crippen LogP contribution in [0, 0.1) is 29.5 Å². The number of nitrogens with one attached hydrogen (secondary N) is 1. The van der Waals surface area contributed by atoms with Crippen molar-refractivity contribution in [3.8, 4) is 23.1 Å². The number of hydrogen-bond acceptors (Lipinski definition) is 9. The minimum Gasteiger partial charge on any atom is -0.490 e. The van der Waals surface area contributed by atoms with Crippen LogP contribution in [0.25, 0.3) is 11.3 Å². The van der Waals surface area contributed by atoms with E-state index in [1.807, 2.05) is 65.9 Å². The first-order valence-corrected chi connectivity index (χ1v) is 15.8. The van der Waals surface area contributed by atoms with Gasteiger partial charge in [0.2, 0.25) is 0 Å². The summed E-state index contributed by atoms with van der Waals surface area (Å²) in [6.45, 7) is 18.3. The third-order valence-corrected chi connectivity index (χ3v) is 7.81. The molecule has 3 heterocycles. The number of hydrogen-bond donors (Lipinski definition) is 1. The first kappa shape index (κ1) is 34.6. The summed E-state index contributed by atoms with van der Waals surface area (Å²) in [6, 6.07) is 9.68. The van der Waals surface area contributed by atoms with E-state index in [1.165, 1.54) is 12.1 Å². The molecule has 4 rings (SSSR count). The Balaban J connectivity index is 1.65. The summed E-state index contributed by atoms with van der Waals surface area (Å²) in [5, 5.41) is 12.5. The summed E-state index contributed by atoms with van der Waals surface area (Å²) in [5.41, 5.74) is 4.37. The number of nitriles is 1. The van der Waals surface area contributed by atoms with Crippen LogP contribution >= 0.6 is 0 Å². The number of esters is 1. The number of aryl methyl sites for hydroxylation is 1. The van der Waals surface area contributed by atoms with E-state index in [0.29, 0.717) is 29.2 Å². The third-order valence-electron chi connectivity index (χ3n) is 7.81. The first-order chi connectivity index (χ1) is 21.7. The van der Waals surface area contributed by atoms with Gasteiger partial charge < -0.3 is 24.4 Å². The van der Waals surface area contributed by atoms with Crippen LogP contribution in [0.15, 0.2) is 42.7 Å². The molecular formula is C36H46FN5O4. The van der Waals surface area contributed by atoms with Gasteiger partial charge in [-0.05, 0) is 90.1 Å². The van der Waals surface area contributed by atoms with Gasteiger partial charge in [-0.3, -0.25) is 9.97 Å². The molecule has 3 aromatic rings. The van der Waals surface area contributed by atoms with Gasteiger partial charge in [0.1, 0.15) is 24.2 Å². The van der Waals surface area contributed by atoms with Gasteiger partial charge in [0.05, 0.1) is 40.5 Å². The van der Waals surface area contributed by atoms with Crippen molar-refractivity contribution < 1.29 is 23.4 Å². The zero-order chi connectivity index (χ0) is 33.6. The Morgan fingerprint density at radius 1 is 1.13 bits per heavy atom. The summed E-state index contributed by atoms with van der Waals surface area (Å²) < 4.78 is 31.3. The molecule has 1 fully saturated rings. The molecule has 0 amide bonds. The van der Waals surface area contributed by atoms with Crippen molar-refractivity contribution >= 4 is 17.3 Å². The Bertz CT molecular complexity index is 1550. The van der Waals surface area contributed by atoms with E-state index in [0.717, 1.165) is 48.9 Å². The van der Waals surface area contributed by atoms with E-state index in [9.17, 15) is 14.4 Å². The largest absolute Gasteiger partial charge is 0.490 e. The number of carbonyl (C=O) groups excluding carboxylic acids is 1. The van der Waals surface area contributed by atoms with Crippen molar-refractivity contribution in [1.82, 2.24) is 9.97 Å². The Kier molecular flexibility index (Phi) is 10.9. The molecular weight excluding hydrogens is 585 g/mol. The van der Waals surface area contributed by atoms with Crippen LogP contribution in [0.3, 0.4) is 0 Å². The van der Waals surface area contributed by atoms with Gasteiger partial charge in [0.25, 0.3) is 0 Å². The monoisotopic (exact) mass is 631 g/mol. The number of piperidine rings is 1. The molecule has 46 heavy (non-hydrogen) atoms. The van der Waals surface area contributed by atoms with Crippen molar-refractivity contribution in [1.29, 1.82) is 5.26 Å². The van der Waals surface area contributed by atoms with Crippen LogP contribution in [-0.4, -0.2) is 53.9 Å². The fraction of sp³-hybridized carbons (Fsp3) is 0.500. The normalized spacial score (nSPS) is 15.3. The van der Waals surface area contributed by atoms with Gasteiger partial charge in [-0.2, -0.15) is 5.26 Å². The van der Waals surface area contributed by atoms with E-state index >= 15 is 0 Å². The third kappa shape index (κ3) is 8.94. The second kappa shape index (κ2) is 14.5. The zero-order valence-electron chi connectivity index (χ0n) is 28.2. The Morgan fingerprint density at radius 3 is 2.46 bits per heavy atom. The molecule has 1 aliphatic rings. The predicted molar refractivity (Wildman–Crippen MR) is 177 cm³/mol. The van der Waals surface area contributed by atoms with E-state index in [1.54, 1.807) is 6.20 Å². The molecule has 0 saturated carbocycles. The quantitative estimate of drug-likeness (QED) is 0.171. The predicted octanol–water partition coefficient (Wildman–Crippen LogP) is 7.39. The van der Waals surface area contributed by atoms with Gasteiger partial charge >= 0.3 is 5.97 Å². The van der Waals surface area contributed by atoms with Crippen LogP contribution in [0.5, 0.6) is 5.75 Å². The van der Waals surface area contributed by atoms with Gasteiger partial charge in [0.15, 0.2) is 6.10 Å². The maximum Gasteiger partial charge on any atom is 0.340 e. The topological polar surface area (TPSA) is 110 Å². The minimum atomic E-state index is -0.969. The SMILES string of the molecule is Cc1ncc(-c2ccc(NCCOc3ccc(F)cc3C#N)cn2)c(N2CCC(C)(C)CC2)c1[C@H](OC(C)(C)C)C(=O)OC(C)C. The van der Waals surface area contributed by atoms with Gasteiger partial charge in [-0.1, -0.05) is 13.8 Å².